The standard InChI is InChI=1S/C17H25N3O/c1-12-6-7-16(17(21)10-12)15(4)18-8-5-9-20-14(3)11-13(2)19-20/h6-7,10-11,15,18,21H,5,8-9H2,1-4H3. The summed E-state index contributed by atoms with van der Waals surface area (Å²) in [6, 6.07) is 8.07. The first-order valence-electron chi connectivity index (χ1n) is 7.51. The second-order valence-corrected chi connectivity index (χ2v) is 5.74. The molecule has 1 unspecified atom stereocenters. The van der Waals surface area contributed by atoms with Crippen molar-refractivity contribution in [1.82, 2.24) is 15.1 Å². The molecular weight excluding hydrogens is 262 g/mol. The zero-order valence-electron chi connectivity index (χ0n) is 13.3. The first-order valence-corrected chi connectivity index (χ1v) is 7.51. The lowest BCUT2D eigenvalue weighted by molar-refractivity contribution is 0.446. The SMILES string of the molecule is Cc1ccc(C(C)NCCCn2nc(C)cc2C)c(O)c1. The van der Waals surface area contributed by atoms with Gasteiger partial charge in [0.25, 0.3) is 0 Å². The molecule has 1 atom stereocenters. The summed E-state index contributed by atoms with van der Waals surface area (Å²) in [4.78, 5) is 0. The number of phenolic OH excluding ortho intramolecular Hbond substituents is 1. The van der Waals surface area contributed by atoms with E-state index in [0.717, 1.165) is 36.3 Å². The van der Waals surface area contributed by atoms with Gasteiger partial charge in [0.2, 0.25) is 0 Å². The molecule has 4 nitrogen and oxygen atoms in total. The van der Waals surface area contributed by atoms with Crippen molar-refractivity contribution in [1.29, 1.82) is 0 Å². The molecule has 1 aromatic heterocycles. The first kappa shape index (κ1) is 15.6. The Kier molecular flexibility index (Phi) is 5.02. The molecule has 0 amide bonds. The van der Waals surface area contributed by atoms with E-state index in [1.165, 1.54) is 5.69 Å². The molecule has 4 heteroatoms. The molecule has 0 bridgehead atoms. The lowest BCUT2D eigenvalue weighted by Gasteiger charge is -2.16. The third-order valence-electron chi connectivity index (χ3n) is 3.75. The number of benzene rings is 1. The number of phenols is 1. The maximum absolute atomic E-state index is 9.98. The van der Waals surface area contributed by atoms with Gasteiger partial charge in [-0.25, -0.2) is 0 Å². The Labute approximate surface area is 126 Å². The van der Waals surface area contributed by atoms with Crippen LogP contribution in [0.3, 0.4) is 0 Å². The minimum absolute atomic E-state index is 0.144. The minimum Gasteiger partial charge on any atom is -0.508 e. The maximum Gasteiger partial charge on any atom is 0.120 e. The quantitative estimate of drug-likeness (QED) is 0.802. The van der Waals surface area contributed by atoms with Gasteiger partial charge in [-0.15, -0.1) is 0 Å². The molecule has 0 fully saturated rings. The molecule has 21 heavy (non-hydrogen) atoms. The van der Waals surface area contributed by atoms with E-state index in [-0.39, 0.29) is 6.04 Å². The Morgan fingerprint density at radius 3 is 2.62 bits per heavy atom. The lowest BCUT2D eigenvalue weighted by atomic mass is 10.1. The van der Waals surface area contributed by atoms with Crippen LogP contribution in [0.2, 0.25) is 0 Å². The second kappa shape index (κ2) is 6.76. The van der Waals surface area contributed by atoms with E-state index in [4.69, 9.17) is 0 Å². The number of rotatable bonds is 6. The van der Waals surface area contributed by atoms with E-state index < -0.39 is 0 Å². The highest BCUT2D eigenvalue weighted by atomic mass is 16.3. The van der Waals surface area contributed by atoms with Crippen LogP contribution in [0.1, 0.15) is 41.9 Å². The molecule has 0 saturated carbocycles. The zero-order valence-corrected chi connectivity index (χ0v) is 13.3. The van der Waals surface area contributed by atoms with Crippen LogP contribution in [0, 0.1) is 20.8 Å². The summed E-state index contributed by atoms with van der Waals surface area (Å²) in [7, 11) is 0. The maximum atomic E-state index is 9.98. The van der Waals surface area contributed by atoms with Crippen molar-refractivity contribution in [3.63, 3.8) is 0 Å². The topological polar surface area (TPSA) is 50.1 Å². The normalized spacial score (nSPS) is 12.6. The summed E-state index contributed by atoms with van der Waals surface area (Å²) in [6.07, 6.45) is 1.01. The Balaban J connectivity index is 1.81. The molecular formula is C17H25N3O. The van der Waals surface area contributed by atoms with Crippen molar-refractivity contribution in [2.75, 3.05) is 6.54 Å². The van der Waals surface area contributed by atoms with Gasteiger partial charge >= 0.3 is 0 Å². The van der Waals surface area contributed by atoms with Crippen molar-refractivity contribution in [2.24, 2.45) is 0 Å². The first-order chi connectivity index (χ1) is 9.97. The van der Waals surface area contributed by atoms with Gasteiger partial charge in [-0.05, 0) is 58.4 Å². The zero-order chi connectivity index (χ0) is 15.4. The molecule has 1 heterocycles. The Morgan fingerprint density at radius 2 is 2.00 bits per heavy atom. The number of nitrogens with one attached hydrogen (secondary N) is 1. The smallest absolute Gasteiger partial charge is 0.120 e. The molecule has 2 aromatic rings. The van der Waals surface area contributed by atoms with Gasteiger partial charge in [0.05, 0.1) is 5.69 Å². The third kappa shape index (κ3) is 4.08. The summed E-state index contributed by atoms with van der Waals surface area (Å²) < 4.78 is 2.05. The predicted octanol–water partition coefficient (Wildman–Crippen LogP) is 3.25. The summed E-state index contributed by atoms with van der Waals surface area (Å²) >= 11 is 0. The van der Waals surface area contributed by atoms with E-state index in [1.54, 1.807) is 0 Å². The van der Waals surface area contributed by atoms with Crippen molar-refractivity contribution in [3.8, 4) is 5.75 Å². The highest BCUT2D eigenvalue weighted by molar-refractivity contribution is 5.37. The molecule has 0 radical (unpaired) electrons. The van der Waals surface area contributed by atoms with E-state index in [0.29, 0.717) is 5.75 Å². The summed E-state index contributed by atoms with van der Waals surface area (Å²) in [5.41, 5.74) is 4.30. The van der Waals surface area contributed by atoms with Gasteiger partial charge in [0.15, 0.2) is 0 Å². The van der Waals surface area contributed by atoms with Crippen molar-refractivity contribution in [3.05, 3.63) is 46.8 Å². The van der Waals surface area contributed by atoms with E-state index in [1.807, 2.05) is 36.7 Å². The molecule has 0 aliphatic heterocycles. The van der Waals surface area contributed by atoms with Gasteiger partial charge in [-0.2, -0.15) is 5.10 Å². The third-order valence-corrected chi connectivity index (χ3v) is 3.75. The average molecular weight is 287 g/mol. The van der Waals surface area contributed by atoms with E-state index >= 15 is 0 Å². The monoisotopic (exact) mass is 287 g/mol. The molecule has 2 rings (SSSR count). The summed E-state index contributed by atoms with van der Waals surface area (Å²) in [5, 5.41) is 17.9. The van der Waals surface area contributed by atoms with Crippen LogP contribution in [-0.2, 0) is 6.54 Å². The van der Waals surface area contributed by atoms with Gasteiger partial charge in [0, 0.05) is 23.8 Å². The molecule has 0 aliphatic carbocycles. The lowest BCUT2D eigenvalue weighted by Crippen LogP contribution is -2.21. The van der Waals surface area contributed by atoms with Crippen LogP contribution in [0.15, 0.2) is 24.3 Å². The molecule has 2 N–H and O–H groups in total. The van der Waals surface area contributed by atoms with Crippen molar-refractivity contribution < 1.29 is 5.11 Å². The Hall–Kier alpha value is -1.81. The number of nitrogens with zero attached hydrogens (tertiary/aromatic N) is 2. The molecule has 0 saturated heterocycles. The van der Waals surface area contributed by atoms with Gasteiger partial charge < -0.3 is 10.4 Å². The largest absolute Gasteiger partial charge is 0.508 e. The molecule has 114 valence electrons. The van der Waals surface area contributed by atoms with Crippen LogP contribution in [0.25, 0.3) is 0 Å². The van der Waals surface area contributed by atoms with Gasteiger partial charge in [-0.3, -0.25) is 4.68 Å². The fourth-order valence-electron chi connectivity index (χ4n) is 2.58. The summed E-state index contributed by atoms with van der Waals surface area (Å²) in [5.74, 6) is 0.369. The number of aromatic hydroxyl groups is 1. The summed E-state index contributed by atoms with van der Waals surface area (Å²) in [6.45, 7) is 9.97. The highest BCUT2D eigenvalue weighted by Gasteiger charge is 2.09. The van der Waals surface area contributed by atoms with Crippen LogP contribution in [0.4, 0.5) is 0 Å². The molecule has 0 aliphatic rings. The molecule has 1 aromatic carbocycles. The fourth-order valence-corrected chi connectivity index (χ4v) is 2.58. The molecule has 0 spiro atoms. The Morgan fingerprint density at radius 1 is 1.24 bits per heavy atom. The van der Waals surface area contributed by atoms with Crippen molar-refractivity contribution >= 4 is 0 Å². The fraction of sp³-hybridized carbons (Fsp3) is 0.471. The average Bonchev–Trinajstić information content (AvgIpc) is 2.73. The number of hydrogen-bond donors (Lipinski definition) is 2. The van der Waals surface area contributed by atoms with Crippen LogP contribution in [0.5, 0.6) is 5.75 Å². The van der Waals surface area contributed by atoms with E-state index in [2.05, 4.69) is 30.3 Å². The van der Waals surface area contributed by atoms with Crippen LogP contribution >= 0.6 is 0 Å². The number of aromatic nitrogens is 2. The number of hydrogen-bond acceptors (Lipinski definition) is 3. The second-order valence-electron chi connectivity index (χ2n) is 5.74. The number of aryl methyl sites for hydroxylation is 4. The van der Waals surface area contributed by atoms with Crippen LogP contribution in [-0.4, -0.2) is 21.4 Å². The van der Waals surface area contributed by atoms with E-state index in [9.17, 15) is 5.11 Å². The Bertz CT molecular complexity index is 604. The highest BCUT2D eigenvalue weighted by Crippen LogP contribution is 2.24. The minimum atomic E-state index is 0.144. The van der Waals surface area contributed by atoms with Gasteiger partial charge in [-0.1, -0.05) is 12.1 Å². The van der Waals surface area contributed by atoms with Gasteiger partial charge in [0.1, 0.15) is 5.75 Å². The van der Waals surface area contributed by atoms with Crippen LogP contribution < -0.4 is 5.32 Å². The van der Waals surface area contributed by atoms with Crippen molar-refractivity contribution in [2.45, 2.75) is 46.7 Å². The predicted molar refractivity (Wildman–Crippen MR) is 85.6 cm³/mol.